The lowest BCUT2D eigenvalue weighted by Gasteiger charge is -2.03. The molecule has 2 rings (SSSR count). The highest BCUT2D eigenvalue weighted by Gasteiger charge is 2.16. The Kier molecular flexibility index (Phi) is 4.11. The number of carbonyl (C=O) groups is 1. The molecule has 10 heteroatoms. The van der Waals surface area contributed by atoms with E-state index in [4.69, 9.17) is 17.3 Å². The van der Waals surface area contributed by atoms with E-state index in [9.17, 15) is 14.9 Å². The molecule has 8 nitrogen and oxygen atoms in total. The van der Waals surface area contributed by atoms with Gasteiger partial charge >= 0.3 is 0 Å². The Morgan fingerprint density at radius 1 is 1.50 bits per heavy atom. The van der Waals surface area contributed by atoms with E-state index in [1.165, 1.54) is 12.1 Å². The predicted octanol–water partition coefficient (Wildman–Crippen LogP) is 1.61. The normalized spacial score (nSPS) is 10.2. The van der Waals surface area contributed by atoms with Crippen molar-refractivity contribution in [1.82, 2.24) is 15.5 Å². The van der Waals surface area contributed by atoms with Gasteiger partial charge in [0.25, 0.3) is 11.6 Å². The van der Waals surface area contributed by atoms with Crippen LogP contribution in [0.3, 0.4) is 0 Å². The molecule has 3 N–H and O–H groups in total. The minimum Gasteiger partial charge on any atom is -0.374 e. The van der Waals surface area contributed by atoms with E-state index in [1.54, 1.807) is 0 Å². The summed E-state index contributed by atoms with van der Waals surface area (Å²) in [6.07, 6.45) is 0. The zero-order valence-corrected chi connectivity index (χ0v) is 11.4. The number of benzene rings is 1. The molecule has 0 atom stereocenters. The van der Waals surface area contributed by atoms with Gasteiger partial charge in [-0.05, 0) is 12.1 Å². The Morgan fingerprint density at radius 2 is 2.25 bits per heavy atom. The topological polar surface area (TPSA) is 124 Å². The molecule has 0 spiro atoms. The quantitative estimate of drug-likeness (QED) is 0.652. The van der Waals surface area contributed by atoms with E-state index in [0.29, 0.717) is 10.1 Å². The fraction of sp³-hybridized carbons (Fsp3) is 0.100. The summed E-state index contributed by atoms with van der Waals surface area (Å²) in [4.78, 5) is 21.9. The van der Waals surface area contributed by atoms with Crippen LogP contribution in [0.4, 0.5) is 10.8 Å². The van der Waals surface area contributed by atoms with Crippen molar-refractivity contribution < 1.29 is 9.72 Å². The fourth-order valence-corrected chi connectivity index (χ4v) is 2.13. The second kappa shape index (κ2) is 5.80. The first-order valence-electron chi connectivity index (χ1n) is 5.27. The van der Waals surface area contributed by atoms with Crippen molar-refractivity contribution in [2.75, 3.05) is 5.73 Å². The zero-order valence-electron chi connectivity index (χ0n) is 9.87. The van der Waals surface area contributed by atoms with Crippen molar-refractivity contribution in [1.29, 1.82) is 0 Å². The van der Waals surface area contributed by atoms with Gasteiger partial charge < -0.3 is 11.1 Å². The zero-order chi connectivity index (χ0) is 14.7. The molecule has 0 radical (unpaired) electrons. The number of hydrogen-bond acceptors (Lipinski definition) is 7. The van der Waals surface area contributed by atoms with Crippen LogP contribution in [0.1, 0.15) is 15.4 Å². The summed E-state index contributed by atoms with van der Waals surface area (Å²) in [5.74, 6) is -0.474. The van der Waals surface area contributed by atoms with Crippen LogP contribution in [0.15, 0.2) is 18.2 Å². The number of nitrogens with one attached hydrogen (secondary N) is 1. The summed E-state index contributed by atoms with van der Waals surface area (Å²) in [5, 5.41) is 21.5. The number of nitrogens with zero attached hydrogens (tertiary/aromatic N) is 3. The van der Waals surface area contributed by atoms with Gasteiger partial charge in [-0.2, -0.15) is 0 Å². The molecule has 0 unspecified atom stereocenters. The number of nitro groups is 1. The molecular weight excluding hydrogens is 306 g/mol. The Balaban J connectivity index is 2.09. The number of anilines is 1. The summed E-state index contributed by atoms with van der Waals surface area (Å²) < 4.78 is 0. The summed E-state index contributed by atoms with van der Waals surface area (Å²) in [6, 6.07) is 3.82. The third kappa shape index (κ3) is 3.19. The van der Waals surface area contributed by atoms with E-state index >= 15 is 0 Å². The minimum absolute atomic E-state index is 0.0246. The SMILES string of the molecule is Nc1nnc(CNC(=O)c2ccc(Cl)c([N+](=O)[O-])c2)s1. The van der Waals surface area contributed by atoms with Gasteiger partial charge in [-0.3, -0.25) is 14.9 Å². The number of nitrogen functional groups attached to an aromatic ring is 1. The molecule has 0 aliphatic heterocycles. The summed E-state index contributed by atoms with van der Waals surface area (Å²) >= 11 is 6.81. The van der Waals surface area contributed by atoms with Crippen molar-refractivity contribution >= 4 is 39.7 Å². The van der Waals surface area contributed by atoms with Gasteiger partial charge in [0.05, 0.1) is 11.5 Å². The molecule has 0 saturated carbocycles. The second-order valence-electron chi connectivity index (χ2n) is 3.64. The third-order valence-corrected chi connectivity index (χ3v) is 3.36. The van der Waals surface area contributed by atoms with Crippen LogP contribution in [-0.2, 0) is 6.54 Å². The lowest BCUT2D eigenvalue weighted by molar-refractivity contribution is -0.384. The molecule has 2 aromatic rings. The van der Waals surface area contributed by atoms with Crippen molar-refractivity contribution in [3.8, 4) is 0 Å². The van der Waals surface area contributed by atoms with E-state index in [2.05, 4.69) is 15.5 Å². The first-order valence-corrected chi connectivity index (χ1v) is 6.47. The van der Waals surface area contributed by atoms with E-state index in [0.717, 1.165) is 17.4 Å². The van der Waals surface area contributed by atoms with Crippen LogP contribution in [0.2, 0.25) is 5.02 Å². The van der Waals surface area contributed by atoms with Gasteiger partial charge in [0, 0.05) is 11.6 Å². The van der Waals surface area contributed by atoms with Crippen LogP contribution >= 0.6 is 22.9 Å². The second-order valence-corrected chi connectivity index (χ2v) is 5.14. The molecule has 0 bridgehead atoms. The Labute approximate surface area is 121 Å². The largest absolute Gasteiger partial charge is 0.374 e. The van der Waals surface area contributed by atoms with Crippen molar-refractivity contribution in [2.24, 2.45) is 0 Å². The standard InChI is InChI=1S/C10H8ClN5O3S/c11-6-2-1-5(3-7(6)16(18)19)9(17)13-4-8-14-15-10(12)20-8/h1-3H,4H2,(H2,12,15)(H,13,17). The molecule has 0 fully saturated rings. The lowest BCUT2D eigenvalue weighted by Crippen LogP contribution is -2.22. The summed E-state index contributed by atoms with van der Waals surface area (Å²) in [7, 11) is 0. The third-order valence-electron chi connectivity index (χ3n) is 2.29. The van der Waals surface area contributed by atoms with Crippen molar-refractivity contribution in [3.05, 3.63) is 43.9 Å². The number of nitrogens with two attached hydrogens (primary N) is 1. The Bertz CT molecular complexity index is 675. The number of halogens is 1. The van der Waals surface area contributed by atoms with Gasteiger partial charge in [0.1, 0.15) is 10.0 Å². The van der Waals surface area contributed by atoms with Gasteiger partial charge in [0.15, 0.2) is 0 Å². The van der Waals surface area contributed by atoms with Gasteiger partial charge in [-0.25, -0.2) is 0 Å². The number of carbonyl (C=O) groups excluding carboxylic acids is 1. The highest BCUT2D eigenvalue weighted by Crippen LogP contribution is 2.25. The van der Waals surface area contributed by atoms with Crippen LogP contribution in [0.25, 0.3) is 0 Å². The number of amides is 1. The first-order chi connectivity index (χ1) is 9.47. The molecule has 1 aromatic heterocycles. The summed E-state index contributed by atoms with van der Waals surface area (Å²) in [5.41, 5.74) is 5.23. The van der Waals surface area contributed by atoms with E-state index in [-0.39, 0.29) is 22.8 Å². The van der Waals surface area contributed by atoms with Crippen molar-refractivity contribution in [2.45, 2.75) is 6.54 Å². The fourth-order valence-electron chi connectivity index (χ4n) is 1.39. The number of rotatable bonds is 4. The lowest BCUT2D eigenvalue weighted by atomic mass is 10.2. The molecule has 1 heterocycles. The van der Waals surface area contributed by atoms with Gasteiger partial charge in [-0.15, -0.1) is 10.2 Å². The molecule has 0 aliphatic rings. The van der Waals surface area contributed by atoms with Crippen molar-refractivity contribution in [3.63, 3.8) is 0 Å². The van der Waals surface area contributed by atoms with Crippen LogP contribution in [0.5, 0.6) is 0 Å². The molecule has 1 aromatic carbocycles. The molecule has 104 valence electrons. The van der Waals surface area contributed by atoms with E-state index in [1.807, 2.05) is 0 Å². The number of hydrogen-bond donors (Lipinski definition) is 2. The predicted molar refractivity (Wildman–Crippen MR) is 73.6 cm³/mol. The maximum Gasteiger partial charge on any atom is 0.288 e. The van der Waals surface area contributed by atoms with Gasteiger partial charge in [-0.1, -0.05) is 22.9 Å². The smallest absolute Gasteiger partial charge is 0.288 e. The molecule has 1 amide bonds. The Hall–Kier alpha value is -2.26. The highest BCUT2D eigenvalue weighted by atomic mass is 35.5. The monoisotopic (exact) mass is 313 g/mol. The molecule has 0 saturated heterocycles. The molecular formula is C10H8ClN5O3S. The van der Waals surface area contributed by atoms with Crippen LogP contribution in [0, 0.1) is 10.1 Å². The van der Waals surface area contributed by atoms with Crippen LogP contribution in [-0.4, -0.2) is 21.0 Å². The van der Waals surface area contributed by atoms with Gasteiger partial charge in [0.2, 0.25) is 5.13 Å². The highest BCUT2D eigenvalue weighted by molar-refractivity contribution is 7.15. The Morgan fingerprint density at radius 3 is 2.85 bits per heavy atom. The molecule has 20 heavy (non-hydrogen) atoms. The number of nitro benzene ring substituents is 1. The minimum atomic E-state index is -0.648. The maximum absolute atomic E-state index is 11.9. The average Bonchev–Trinajstić information content (AvgIpc) is 2.82. The first kappa shape index (κ1) is 14.2. The molecule has 0 aliphatic carbocycles. The number of aromatic nitrogens is 2. The average molecular weight is 314 g/mol. The van der Waals surface area contributed by atoms with Crippen LogP contribution < -0.4 is 11.1 Å². The maximum atomic E-state index is 11.9. The van der Waals surface area contributed by atoms with E-state index < -0.39 is 10.8 Å². The summed E-state index contributed by atoms with van der Waals surface area (Å²) in [6.45, 7) is 0.143.